The van der Waals surface area contributed by atoms with E-state index in [-0.39, 0.29) is 0 Å². The number of pyridine rings is 1. The predicted molar refractivity (Wildman–Crippen MR) is 84.9 cm³/mol. The van der Waals surface area contributed by atoms with Gasteiger partial charge in [0, 0.05) is 37.9 Å². The third-order valence-electron chi connectivity index (χ3n) is 4.10. The number of hydrogen-bond acceptors (Lipinski definition) is 3. The van der Waals surface area contributed by atoms with Gasteiger partial charge in [-0.15, -0.1) is 0 Å². The van der Waals surface area contributed by atoms with E-state index in [9.17, 15) is 0 Å². The van der Waals surface area contributed by atoms with E-state index in [1.807, 2.05) is 13.1 Å². The summed E-state index contributed by atoms with van der Waals surface area (Å²) in [6, 6.07) is 4.70. The van der Waals surface area contributed by atoms with Gasteiger partial charge in [0.05, 0.1) is 11.0 Å². The molecule has 0 bridgehead atoms. The van der Waals surface area contributed by atoms with Crippen LogP contribution in [0, 0.1) is 0 Å². The highest BCUT2D eigenvalue weighted by molar-refractivity contribution is 5.90. The van der Waals surface area contributed by atoms with Crippen molar-refractivity contribution < 1.29 is 0 Å². The van der Waals surface area contributed by atoms with Crippen molar-refractivity contribution in [3.63, 3.8) is 0 Å². The second-order valence-electron chi connectivity index (χ2n) is 5.61. The Kier molecular flexibility index (Phi) is 3.49. The fraction of sp³-hybridized carbons (Fsp3) is 0.438. The van der Waals surface area contributed by atoms with Crippen LogP contribution in [-0.4, -0.2) is 41.0 Å². The Labute approximate surface area is 119 Å². The number of nitrogens with zero attached hydrogens (tertiary/aromatic N) is 2. The van der Waals surface area contributed by atoms with Crippen LogP contribution in [0.3, 0.4) is 0 Å². The summed E-state index contributed by atoms with van der Waals surface area (Å²) < 4.78 is 0. The maximum Gasteiger partial charge on any atom is 0.126 e. The normalized spacial score (nSPS) is 16.7. The molecule has 0 saturated carbocycles. The number of anilines is 1. The average Bonchev–Trinajstić information content (AvgIpc) is 2.90. The van der Waals surface area contributed by atoms with E-state index in [1.54, 1.807) is 0 Å². The first-order valence-electron chi connectivity index (χ1n) is 7.28. The molecular formula is C16H22N4. The molecule has 1 aliphatic rings. The van der Waals surface area contributed by atoms with E-state index in [2.05, 4.69) is 52.4 Å². The molecule has 0 atom stereocenters. The maximum absolute atomic E-state index is 4.69. The van der Waals surface area contributed by atoms with E-state index in [0.29, 0.717) is 6.04 Å². The zero-order valence-electron chi connectivity index (χ0n) is 12.4. The van der Waals surface area contributed by atoms with Crippen molar-refractivity contribution in [1.29, 1.82) is 0 Å². The Morgan fingerprint density at radius 1 is 1.35 bits per heavy atom. The standard InChI is InChI=1S/C16H22N4/c1-11(2)20-8-6-12(7-9-20)13-10-18-14-4-5-15(17-3)19-16(13)14/h4-6,10-11,18H,7-9H2,1-3H3,(H,17,19). The molecule has 0 aromatic carbocycles. The van der Waals surface area contributed by atoms with E-state index in [0.717, 1.165) is 36.4 Å². The summed E-state index contributed by atoms with van der Waals surface area (Å²) in [5.74, 6) is 0.915. The summed E-state index contributed by atoms with van der Waals surface area (Å²) in [6.45, 7) is 6.67. The van der Waals surface area contributed by atoms with Gasteiger partial charge in [-0.05, 0) is 38.0 Å². The van der Waals surface area contributed by atoms with Crippen LogP contribution in [0.4, 0.5) is 5.82 Å². The predicted octanol–water partition coefficient (Wildman–Crippen LogP) is 3.10. The van der Waals surface area contributed by atoms with Gasteiger partial charge in [-0.1, -0.05) is 6.08 Å². The number of hydrogen-bond donors (Lipinski definition) is 2. The number of H-pyrrole nitrogens is 1. The summed E-state index contributed by atoms with van der Waals surface area (Å²) in [7, 11) is 1.90. The molecule has 4 nitrogen and oxygen atoms in total. The molecule has 2 aromatic heterocycles. The van der Waals surface area contributed by atoms with Gasteiger partial charge in [-0.25, -0.2) is 4.98 Å². The number of aromatic amines is 1. The van der Waals surface area contributed by atoms with Gasteiger partial charge in [0.1, 0.15) is 5.82 Å². The van der Waals surface area contributed by atoms with Crippen LogP contribution >= 0.6 is 0 Å². The molecule has 0 unspecified atom stereocenters. The highest BCUT2D eigenvalue weighted by atomic mass is 15.1. The highest BCUT2D eigenvalue weighted by Crippen LogP contribution is 2.29. The molecule has 1 aliphatic heterocycles. The Morgan fingerprint density at radius 2 is 2.20 bits per heavy atom. The van der Waals surface area contributed by atoms with Crippen molar-refractivity contribution in [2.75, 3.05) is 25.5 Å². The van der Waals surface area contributed by atoms with Gasteiger partial charge < -0.3 is 10.3 Å². The van der Waals surface area contributed by atoms with Gasteiger partial charge in [0.25, 0.3) is 0 Å². The molecule has 3 heterocycles. The molecule has 106 valence electrons. The average molecular weight is 270 g/mol. The Morgan fingerprint density at radius 3 is 2.85 bits per heavy atom. The lowest BCUT2D eigenvalue weighted by Gasteiger charge is -2.29. The second kappa shape index (κ2) is 5.29. The van der Waals surface area contributed by atoms with Crippen LogP contribution < -0.4 is 5.32 Å². The van der Waals surface area contributed by atoms with Crippen LogP contribution in [0.25, 0.3) is 16.6 Å². The Hall–Kier alpha value is -1.81. The summed E-state index contributed by atoms with van der Waals surface area (Å²) >= 11 is 0. The summed E-state index contributed by atoms with van der Waals surface area (Å²) in [6.07, 6.45) is 5.53. The first-order chi connectivity index (χ1) is 9.69. The van der Waals surface area contributed by atoms with Gasteiger partial charge >= 0.3 is 0 Å². The number of nitrogens with one attached hydrogen (secondary N) is 2. The van der Waals surface area contributed by atoms with Crippen molar-refractivity contribution in [2.45, 2.75) is 26.3 Å². The minimum atomic E-state index is 0.616. The quantitative estimate of drug-likeness (QED) is 0.900. The fourth-order valence-corrected chi connectivity index (χ4v) is 2.78. The van der Waals surface area contributed by atoms with Crippen molar-refractivity contribution >= 4 is 22.4 Å². The maximum atomic E-state index is 4.69. The van der Waals surface area contributed by atoms with E-state index in [4.69, 9.17) is 0 Å². The SMILES string of the molecule is CNc1ccc2[nH]cc(C3=CCN(C(C)C)CC3)c2n1. The molecule has 0 amide bonds. The smallest absolute Gasteiger partial charge is 0.126 e. The molecule has 3 rings (SSSR count). The third-order valence-corrected chi connectivity index (χ3v) is 4.10. The fourth-order valence-electron chi connectivity index (χ4n) is 2.78. The molecule has 0 radical (unpaired) electrons. The van der Waals surface area contributed by atoms with E-state index >= 15 is 0 Å². The van der Waals surface area contributed by atoms with Crippen LogP contribution in [0.1, 0.15) is 25.8 Å². The summed E-state index contributed by atoms with van der Waals surface area (Å²) in [4.78, 5) is 10.5. The lowest BCUT2D eigenvalue weighted by atomic mass is 10.0. The van der Waals surface area contributed by atoms with Crippen LogP contribution in [0.5, 0.6) is 0 Å². The zero-order valence-corrected chi connectivity index (χ0v) is 12.4. The van der Waals surface area contributed by atoms with Crippen molar-refractivity contribution in [3.8, 4) is 0 Å². The van der Waals surface area contributed by atoms with Crippen molar-refractivity contribution in [1.82, 2.24) is 14.9 Å². The largest absolute Gasteiger partial charge is 0.373 e. The van der Waals surface area contributed by atoms with Gasteiger partial charge in [-0.2, -0.15) is 0 Å². The summed E-state index contributed by atoms with van der Waals surface area (Å²) in [5.41, 5.74) is 4.83. The highest BCUT2D eigenvalue weighted by Gasteiger charge is 2.17. The molecule has 4 heteroatoms. The lowest BCUT2D eigenvalue weighted by molar-refractivity contribution is 0.245. The molecular weight excluding hydrogens is 248 g/mol. The van der Waals surface area contributed by atoms with Gasteiger partial charge in [0.15, 0.2) is 0 Å². The lowest BCUT2D eigenvalue weighted by Crippen LogP contribution is -2.34. The molecule has 0 saturated heterocycles. The number of rotatable bonds is 3. The molecule has 2 aromatic rings. The van der Waals surface area contributed by atoms with Crippen LogP contribution in [0.2, 0.25) is 0 Å². The third kappa shape index (κ3) is 2.31. The number of fused-ring (bicyclic) bond motifs is 1. The van der Waals surface area contributed by atoms with Gasteiger partial charge in [0.2, 0.25) is 0 Å². The molecule has 0 spiro atoms. The molecule has 2 N–H and O–H groups in total. The monoisotopic (exact) mass is 270 g/mol. The zero-order chi connectivity index (χ0) is 14.1. The van der Waals surface area contributed by atoms with Gasteiger partial charge in [-0.3, -0.25) is 4.90 Å². The van der Waals surface area contributed by atoms with Crippen LogP contribution in [-0.2, 0) is 0 Å². The minimum Gasteiger partial charge on any atom is -0.373 e. The minimum absolute atomic E-state index is 0.616. The molecule has 0 fully saturated rings. The molecule has 0 aliphatic carbocycles. The second-order valence-corrected chi connectivity index (χ2v) is 5.61. The topological polar surface area (TPSA) is 44.0 Å². The number of aromatic nitrogens is 2. The van der Waals surface area contributed by atoms with E-state index < -0.39 is 0 Å². The van der Waals surface area contributed by atoms with Crippen molar-refractivity contribution in [2.24, 2.45) is 0 Å². The Balaban J connectivity index is 1.95. The first-order valence-corrected chi connectivity index (χ1v) is 7.28. The van der Waals surface area contributed by atoms with E-state index in [1.165, 1.54) is 11.1 Å². The first kappa shape index (κ1) is 13.2. The summed E-state index contributed by atoms with van der Waals surface area (Å²) in [5, 5.41) is 3.11. The molecule has 20 heavy (non-hydrogen) atoms. The Bertz CT molecular complexity index is 639. The van der Waals surface area contributed by atoms with Crippen LogP contribution in [0.15, 0.2) is 24.4 Å². The van der Waals surface area contributed by atoms with Crippen molar-refractivity contribution in [3.05, 3.63) is 30.0 Å².